The summed E-state index contributed by atoms with van der Waals surface area (Å²) < 4.78 is 10.5. The van der Waals surface area contributed by atoms with Crippen molar-refractivity contribution in [2.75, 3.05) is 25.3 Å². The maximum Gasteiger partial charge on any atom is 0.187 e. The van der Waals surface area contributed by atoms with Gasteiger partial charge in [0.15, 0.2) is 16.6 Å². The molecular weight excluding hydrogens is 310 g/mol. The number of nitrogens with one attached hydrogen (secondary N) is 1. The summed E-state index contributed by atoms with van der Waals surface area (Å²) in [6.07, 6.45) is 0. The van der Waals surface area contributed by atoms with Crippen molar-refractivity contribution in [1.82, 2.24) is 4.98 Å². The fourth-order valence-electron chi connectivity index (χ4n) is 2.16. The number of rotatable bonds is 5. The molecular formula is C17H17N3O2S. The minimum Gasteiger partial charge on any atom is -0.493 e. The third kappa shape index (κ3) is 3.37. The summed E-state index contributed by atoms with van der Waals surface area (Å²) in [7, 11) is 3.23. The van der Waals surface area contributed by atoms with Gasteiger partial charge in [0.2, 0.25) is 0 Å². The number of aromatic nitrogens is 1. The highest BCUT2D eigenvalue weighted by molar-refractivity contribution is 7.14. The smallest absolute Gasteiger partial charge is 0.187 e. The van der Waals surface area contributed by atoms with Crippen LogP contribution in [0.25, 0.3) is 11.3 Å². The van der Waals surface area contributed by atoms with E-state index in [1.807, 2.05) is 47.8 Å². The molecule has 0 radical (unpaired) electrons. The molecule has 118 valence electrons. The average Bonchev–Trinajstić information content (AvgIpc) is 3.04. The molecule has 0 bridgehead atoms. The van der Waals surface area contributed by atoms with Crippen molar-refractivity contribution in [2.45, 2.75) is 0 Å². The Balaban J connectivity index is 1.80. The molecule has 0 fully saturated rings. The maximum absolute atomic E-state index is 5.71. The van der Waals surface area contributed by atoms with Crippen LogP contribution < -0.4 is 20.5 Å². The van der Waals surface area contributed by atoms with E-state index in [4.69, 9.17) is 15.2 Å². The van der Waals surface area contributed by atoms with E-state index in [1.54, 1.807) is 25.6 Å². The number of benzene rings is 2. The van der Waals surface area contributed by atoms with Crippen LogP contribution in [0.5, 0.6) is 11.5 Å². The number of nitrogens with two attached hydrogens (primary N) is 1. The number of anilines is 3. The van der Waals surface area contributed by atoms with Gasteiger partial charge in [-0.1, -0.05) is 12.1 Å². The quantitative estimate of drug-likeness (QED) is 0.689. The number of thiazole rings is 1. The van der Waals surface area contributed by atoms with E-state index in [9.17, 15) is 0 Å². The van der Waals surface area contributed by atoms with Gasteiger partial charge in [0.1, 0.15) is 0 Å². The van der Waals surface area contributed by atoms with Gasteiger partial charge in [0.05, 0.1) is 19.9 Å². The van der Waals surface area contributed by atoms with Gasteiger partial charge >= 0.3 is 0 Å². The van der Waals surface area contributed by atoms with Crippen LogP contribution in [0.2, 0.25) is 0 Å². The Kier molecular flexibility index (Phi) is 4.34. The van der Waals surface area contributed by atoms with Crippen LogP contribution in [0.15, 0.2) is 47.8 Å². The highest BCUT2D eigenvalue weighted by atomic mass is 32.1. The lowest BCUT2D eigenvalue weighted by atomic mass is 10.1. The summed E-state index contributed by atoms with van der Waals surface area (Å²) in [5.41, 5.74) is 9.30. The summed E-state index contributed by atoms with van der Waals surface area (Å²) in [4.78, 5) is 4.60. The monoisotopic (exact) mass is 327 g/mol. The molecule has 0 amide bonds. The zero-order chi connectivity index (χ0) is 16.2. The molecule has 23 heavy (non-hydrogen) atoms. The molecule has 0 spiro atoms. The van der Waals surface area contributed by atoms with Crippen molar-refractivity contribution < 1.29 is 9.47 Å². The predicted octanol–water partition coefficient (Wildman–Crippen LogP) is 4.15. The molecule has 0 aliphatic carbocycles. The molecule has 0 unspecified atom stereocenters. The number of hydrogen-bond acceptors (Lipinski definition) is 6. The van der Waals surface area contributed by atoms with Gasteiger partial charge in [-0.2, -0.15) is 0 Å². The lowest BCUT2D eigenvalue weighted by Crippen LogP contribution is -1.94. The van der Waals surface area contributed by atoms with Gasteiger partial charge in [-0.15, -0.1) is 11.3 Å². The van der Waals surface area contributed by atoms with E-state index in [1.165, 1.54) is 0 Å². The van der Waals surface area contributed by atoms with Crippen molar-refractivity contribution in [3.63, 3.8) is 0 Å². The summed E-state index contributed by atoms with van der Waals surface area (Å²) in [5.74, 6) is 1.37. The fourth-order valence-corrected chi connectivity index (χ4v) is 2.89. The first kappa shape index (κ1) is 15.2. The van der Waals surface area contributed by atoms with Gasteiger partial charge in [-0.3, -0.25) is 0 Å². The summed E-state index contributed by atoms with van der Waals surface area (Å²) in [5, 5.41) is 6.10. The number of hydrogen-bond donors (Lipinski definition) is 2. The standard InChI is InChI=1S/C17H17N3O2S/c1-21-15-8-7-13(9-16(15)22-2)19-17-20-14(10-23-17)11-3-5-12(18)6-4-11/h3-10H,18H2,1-2H3,(H,19,20). The summed E-state index contributed by atoms with van der Waals surface area (Å²) >= 11 is 1.54. The first-order chi connectivity index (χ1) is 11.2. The van der Waals surface area contributed by atoms with E-state index in [-0.39, 0.29) is 0 Å². The molecule has 6 heteroatoms. The van der Waals surface area contributed by atoms with E-state index in [0.29, 0.717) is 11.5 Å². The second-order valence-electron chi connectivity index (χ2n) is 4.85. The minimum atomic E-state index is 0.674. The summed E-state index contributed by atoms with van der Waals surface area (Å²) in [6, 6.07) is 13.3. The predicted molar refractivity (Wildman–Crippen MR) is 94.8 cm³/mol. The zero-order valence-electron chi connectivity index (χ0n) is 12.9. The Labute approximate surface area is 138 Å². The van der Waals surface area contributed by atoms with Gasteiger partial charge < -0.3 is 20.5 Å². The van der Waals surface area contributed by atoms with Crippen LogP contribution in [-0.2, 0) is 0 Å². The van der Waals surface area contributed by atoms with Crippen LogP contribution in [0.1, 0.15) is 0 Å². The first-order valence-corrected chi connectivity index (χ1v) is 7.88. The van der Waals surface area contributed by atoms with E-state index in [0.717, 1.165) is 27.8 Å². The van der Waals surface area contributed by atoms with Crippen LogP contribution >= 0.6 is 11.3 Å². The van der Waals surface area contributed by atoms with Gasteiger partial charge in [-0.25, -0.2) is 4.98 Å². The molecule has 0 saturated carbocycles. The molecule has 1 aromatic heterocycles. The lowest BCUT2D eigenvalue weighted by molar-refractivity contribution is 0.355. The normalized spacial score (nSPS) is 10.3. The molecule has 0 saturated heterocycles. The maximum atomic E-state index is 5.71. The SMILES string of the molecule is COc1ccc(Nc2nc(-c3ccc(N)cc3)cs2)cc1OC. The minimum absolute atomic E-state index is 0.674. The third-order valence-corrected chi connectivity index (χ3v) is 4.10. The Morgan fingerprint density at radius 3 is 2.43 bits per heavy atom. The molecule has 2 aromatic carbocycles. The lowest BCUT2D eigenvalue weighted by Gasteiger charge is -2.09. The summed E-state index contributed by atoms with van der Waals surface area (Å²) in [6.45, 7) is 0. The Hall–Kier alpha value is -2.73. The number of nitrogen functional groups attached to an aromatic ring is 1. The number of ether oxygens (including phenoxy) is 2. The molecule has 3 rings (SSSR count). The van der Waals surface area contributed by atoms with Crippen LogP contribution in [0.3, 0.4) is 0 Å². The van der Waals surface area contributed by atoms with Crippen molar-refractivity contribution in [3.8, 4) is 22.8 Å². The molecule has 0 aliphatic rings. The second-order valence-corrected chi connectivity index (χ2v) is 5.71. The molecule has 3 N–H and O–H groups in total. The van der Waals surface area contributed by atoms with Crippen molar-refractivity contribution in [2.24, 2.45) is 0 Å². The number of nitrogens with zero attached hydrogens (tertiary/aromatic N) is 1. The molecule has 3 aromatic rings. The van der Waals surface area contributed by atoms with Gasteiger partial charge in [0.25, 0.3) is 0 Å². The highest BCUT2D eigenvalue weighted by Gasteiger charge is 2.08. The zero-order valence-corrected chi connectivity index (χ0v) is 13.7. The Morgan fingerprint density at radius 1 is 1.00 bits per heavy atom. The molecule has 0 atom stereocenters. The first-order valence-electron chi connectivity index (χ1n) is 7.00. The third-order valence-electron chi connectivity index (χ3n) is 3.35. The largest absolute Gasteiger partial charge is 0.493 e. The highest BCUT2D eigenvalue weighted by Crippen LogP contribution is 2.32. The van der Waals surface area contributed by atoms with Crippen LogP contribution in [0.4, 0.5) is 16.5 Å². The van der Waals surface area contributed by atoms with E-state index in [2.05, 4.69) is 10.3 Å². The van der Waals surface area contributed by atoms with E-state index < -0.39 is 0 Å². The molecule has 5 nitrogen and oxygen atoms in total. The Bertz CT molecular complexity index is 800. The topological polar surface area (TPSA) is 69.4 Å². The Morgan fingerprint density at radius 2 is 1.74 bits per heavy atom. The van der Waals surface area contributed by atoms with E-state index >= 15 is 0 Å². The fraction of sp³-hybridized carbons (Fsp3) is 0.118. The van der Waals surface area contributed by atoms with Crippen molar-refractivity contribution >= 4 is 27.8 Å². The van der Waals surface area contributed by atoms with Gasteiger partial charge in [-0.05, 0) is 24.3 Å². The second kappa shape index (κ2) is 6.58. The van der Waals surface area contributed by atoms with Crippen molar-refractivity contribution in [1.29, 1.82) is 0 Å². The molecule has 0 aliphatic heterocycles. The van der Waals surface area contributed by atoms with Crippen LogP contribution in [0, 0.1) is 0 Å². The molecule has 1 heterocycles. The average molecular weight is 327 g/mol. The van der Waals surface area contributed by atoms with Gasteiger partial charge in [0, 0.05) is 28.4 Å². The van der Waals surface area contributed by atoms with Crippen LogP contribution in [-0.4, -0.2) is 19.2 Å². The van der Waals surface area contributed by atoms with Crippen molar-refractivity contribution in [3.05, 3.63) is 47.8 Å². The number of methoxy groups -OCH3 is 2.